The van der Waals surface area contributed by atoms with Crippen LogP contribution in [0.4, 0.5) is 0 Å². The third-order valence-electron chi connectivity index (χ3n) is 3.57. The molecule has 3 aromatic rings. The fourth-order valence-electron chi connectivity index (χ4n) is 2.65. The Morgan fingerprint density at radius 2 is 1.80 bits per heavy atom. The van der Waals surface area contributed by atoms with Crippen LogP contribution < -0.4 is 5.56 Å². The van der Waals surface area contributed by atoms with E-state index in [1.807, 2.05) is 24.4 Å². The Labute approximate surface area is 114 Å². The van der Waals surface area contributed by atoms with Crippen LogP contribution in [0.2, 0.25) is 0 Å². The van der Waals surface area contributed by atoms with Crippen LogP contribution in [0.15, 0.2) is 47.4 Å². The van der Waals surface area contributed by atoms with Crippen molar-refractivity contribution in [3.8, 4) is 0 Å². The highest BCUT2D eigenvalue weighted by molar-refractivity contribution is 5.82. The zero-order valence-corrected chi connectivity index (χ0v) is 11.0. The minimum absolute atomic E-state index is 0.275. The van der Waals surface area contributed by atoms with Gasteiger partial charge in [0.15, 0.2) is 0 Å². The van der Waals surface area contributed by atoms with Gasteiger partial charge in [0.05, 0.1) is 11.0 Å². The van der Waals surface area contributed by atoms with Gasteiger partial charge in [0.2, 0.25) is 0 Å². The molecule has 0 spiro atoms. The van der Waals surface area contributed by atoms with Gasteiger partial charge in [-0.3, -0.25) is 9.36 Å². The number of rotatable bonds is 3. The summed E-state index contributed by atoms with van der Waals surface area (Å²) in [6.07, 6.45) is 2.17. The third-order valence-corrected chi connectivity index (χ3v) is 3.57. The molecule has 0 saturated heterocycles. The summed E-state index contributed by atoms with van der Waals surface area (Å²) in [5.74, 6) is -0.990. The van der Waals surface area contributed by atoms with E-state index in [1.165, 1.54) is 4.57 Å². The lowest BCUT2D eigenvalue weighted by Gasteiger charge is -2.17. The number of benzene rings is 1. The quantitative estimate of drug-likeness (QED) is 0.794. The molecule has 0 fully saturated rings. The molecule has 0 aliphatic rings. The second-order valence-corrected chi connectivity index (χ2v) is 4.69. The summed E-state index contributed by atoms with van der Waals surface area (Å²) >= 11 is 0. The molecule has 1 aromatic carbocycles. The molecule has 0 unspecified atom stereocenters. The predicted octanol–water partition coefficient (Wildman–Crippen LogP) is 2.29. The van der Waals surface area contributed by atoms with Crippen molar-refractivity contribution in [3.63, 3.8) is 0 Å². The largest absolute Gasteiger partial charge is 0.480 e. The number of para-hydroxylation sites is 2. The molecule has 0 bridgehead atoms. The SMILES string of the molecule is CC[C@H](C(=O)O)n1c(=O)c2cccn2c2ccccc21. The molecule has 0 aliphatic heterocycles. The number of aromatic nitrogens is 2. The Bertz CT molecular complexity index is 860. The van der Waals surface area contributed by atoms with Gasteiger partial charge in [-0.05, 0) is 30.7 Å². The molecular formula is C15H14N2O3. The summed E-state index contributed by atoms with van der Waals surface area (Å²) in [6, 6.07) is 9.98. The van der Waals surface area contributed by atoms with E-state index in [1.54, 1.807) is 29.5 Å². The Kier molecular flexibility index (Phi) is 2.82. The van der Waals surface area contributed by atoms with E-state index in [2.05, 4.69) is 0 Å². The van der Waals surface area contributed by atoms with Crippen LogP contribution in [-0.2, 0) is 4.79 Å². The normalized spacial score (nSPS) is 12.8. The lowest BCUT2D eigenvalue weighted by molar-refractivity contribution is -0.140. The Morgan fingerprint density at radius 3 is 2.45 bits per heavy atom. The van der Waals surface area contributed by atoms with Crippen molar-refractivity contribution in [3.05, 3.63) is 52.9 Å². The van der Waals surface area contributed by atoms with Gasteiger partial charge < -0.3 is 9.51 Å². The van der Waals surface area contributed by atoms with Gasteiger partial charge in [-0.2, -0.15) is 0 Å². The number of hydrogen-bond donors (Lipinski definition) is 1. The monoisotopic (exact) mass is 270 g/mol. The smallest absolute Gasteiger partial charge is 0.326 e. The third kappa shape index (κ3) is 1.63. The molecule has 0 aliphatic carbocycles. The van der Waals surface area contributed by atoms with Gasteiger partial charge in [0, 0.05) is 6.20 Å². The van der Waals surface area contributed by atoms with Crippen molar-refractivity contribution in [2.45, 2.75) is 19.4 Å². The summed E-state index contributed by atoms with van der Waals surface area (Å²) in [5.41, 5.74) is 1.67. The first kappa shape index (κ1) is 12.5. The summed E-state index contributed by atoms with van der Waals surface area (Å²) < 4.78 is 3.18. The molecule has 2 aromatic heterocycles. The molecule has 0 amide bonds. The van der Waals surface area contributed by atoms with Crippen LogP contribution in [0.3, 0.4) is 0 Å². The highest BCUT2D eigenvalue weighted by atomic mass is 16.4. The predicted molar refractivity (Wildman–Crippen MR) is 76.1 cm³/mol. The van der Waals surface area contributed by atoms with Gasteiger partial charge in [-0.25, -0.2) is 4.79 Å². The Hall–Kier alpha value is -2.56. The number of carboxylic acid groups (broad SMARTS) is 1. The maximum atomic E-state index is 12.6. The van der Waals surface area contributed by atoms with E-state index in [4.69, 9.17) is 0 Å². The first-order chi connectivity index (χ1) is 9.65. The number of carbonyl (C=O) groups is 1. The molecule has 2 heterocycles. The van der Waals surface area contributed by atoms with Crippen LogP contribution in [0.1, 0.15) is 19.4 Å². The second kappa shape index (κ2) is 4.52. The van der Waals surface area contributed by atoms with E-state index in [9.17, 15) is 14.7 Å². The lowest BCUT2D eigenvalue weighted by atomic mass is 10.2. The number of fused-ring (bicyclic) bond motifs is 3. The van der Waals surface area contributed by atoms with Crippen molar-refractivity contribution < 1.29 is 9.90 Å². The van der Waals surface area contributed by atoms with Gasteiger partial charge in [0.1, 0.15) is 11.6 Å². The van der Waals surface area contributed by atoms with E-state index < -0.39 is 12.0 Å². The highest BCUT2D eigenvalue weighted by Crippen LogP contribution is 2.20. The average molecular weight is 270 g/mol. The minimum Gasteiger partial charge on any atom is -0.480 e. The van der Waals surface area contributed by atoms with E-state index in [0.717, 1.165) is 5.52 Å². The summed E-state index contributed by atoms with van der Waals surface area (Å²) in [5, 5.41) is 9.37. The van der Waals surface area contributed by atoms with Crippen LogP contribution in [0.5, 0.6) is 0 Å². The molecule has 20 heavy (non-hydrogen) atoms. The fraction of sp³-hybridized carbons (Fsp3) is 0.200. The molecule has 102 valence electrons. The Morgan fingerprint density at radius 1 is 1.15 bits per heavy atom. The van der Waals surface area contributed by atoms with Gasteiger partial charge >= 0.3 is 5.97 Å². The van der Waals surface area contributed by atoms with E-state index in [0.29, 0.717) is 17.5 Å². The van der Waals surface area contributed by atoms with Crippen molar-refractivity contribution in [1.29, 1.82) is 0 Å². The van der Waals surface area contributed by atoms with Gasteiger partial charge in [-0.1, -0.05) is 19.1 Å². The molecule has 5 nitrogen and oxygen atoms in total. The van der Waals surface area contributed by atoms with Crippen molar-refractivity contribution >= 4 is 22.5 Å². The maximum absolute atomic E-state index is 12.6. The Balaban J connectivity index is 2.53. The molecule has 0 saturated carbocycles. The number of aliphatic carboxylic acids is 1. The van der Waals surface area contributed by atoms with Gasteiger partial charge in [-0.15, -0.1) is 0 Å². The van der Waals surface area contributed by atoms with E-state index in [-0.39, 0.29) is 5.56 Å². The lowest BCUT2D eigenvalue weighted by Crippen LogP contribution is -2.31. The molecule has 1 atom stereocenters. The topological polar surface area (TPSA) is 63.7 Å². The molecule has 0 radical (unpaired) electrons. The first-order valence-corrected chi connectivity index (χ1v) is 6.48. The zero-order valence-electron chi connectivity index (χ0n) is 11.0. The molecule has 5 heteroatoms. The van der Waals surface area contributed by atoms with Crippen molar-refractivity contribution in [1.82, 2.24) is 8.97 Å². The van der Waals surface area contributed by atoms with Crippen molar-refractivity contribution in [2.24, 2.45) is 0 Å². The number of hydrogen-bond acceptors (Lipinski definition) is 2. The zero-order chi connectivity index (χ0) is 14.3. The molecule has 3 rings (SSSR count). The summed E-state index contributed by atoms with van der Waals surface area (Å²) in [4.78, 5) is 24.0. The first-order valence-electron chi connectivity index (χ1n) is 6.48. The standard InChI is InChI=1S/C15H14N2O3/c1-2-10(15(19)20)17-12-7-4-3-6-11(12)16-9-5-8-13(16)14(17)18/h3-10H,2H2,1H3,(H,19,20)/t10-/m1/s1. The average Bonchev–Trinajstić information content (AvgIpc) is 2.92. The highest BCUT2D eigenvalue weighted by Gasteiger charge is 2.22. The van der Waals surface area contributed by atoms with Crippen LogP contribution >= 0.6 is 0 Å². The summed E-state index contributed by atoms with van der Waals surface area (Å²) in [6.45, 7) is 1.77. The van der Waals surface area contributed by atoms with Crippen molar-refractivity contribution in [2.75, 3.05) is 0 Å². The van der Waals surface area contributed by atoms with Gasteiger partial charge in [0.25, 0.3) is 5.56 Å². The molecular weight excluding hydrogens is 256 g/mol. The maximum Gasteiger partial charge on any atom is 0.326 e. The summed E-state index contributed by atoms with van der Waals surface area (Å²) in [7, 11) is 0. The second-order valence-electron chi connectivity index (χ2n) is 4.69. The van der Waals surface area contributed by atoms with E-state index >= 15 is 0 Å². The van der Waals surface area contributed by atoms with Crippen LogP contribution in [-0.4, -0.2) is 20.0 Å². The number of nitrogens with zero attached hydrogens (tertiary/aromatic N) is 2. The number of carboxylic acids is 1. The minimum atomic E-state index is -0.990. The fourth-order valence-corrected chi connectivity index (χ4v) is 2.65. The van der Waals surface area contributed by atoms with Crippen LogP contribution in [0.25, 0.3) is 16.6 Å². The molecule has 1 N–H and O–H groups in total. The van der Waals surface area contributed by atoms with Crippen LogP contribution in [0, 0.1) is 0 Å².